The van der Waals surface area contributed by atoms with Gasteiger partial charge in [0.25, 0.3) is 0 Å². The molecule has 10 aromatic carbocycles. The van der Waals surface area contributed by atoms with Crippen LogP contribution in [0.3, 0.4) is 0 Å². The van der Waals surface area contributed by atoms with Crippen molar-refractivity contribution in [3.05, 3.63) is 276 Å². The molecule has 0 saturated heterocycles. The molecule has 0 amide bonds. The minimum atomic E-state index is -2.44. The van der Waals surface area contributed by atoms with Crippen LogP contribution in [0.2, 0.25) is 0 Å². The van der Waals surface area contributed by atoms with Crippen LogP contribution in [-0.2, 0) is 5.41 Å². The third-order valence-electron chi connectivity index (χ3n) is 14.4. The summed E-state index contributed by atoms with van der Waals surface area (Å²) in [6, 6.07) is 83.8. The van der Waals surface area contributed by atoms with Crippen LogP contribution < -0.4 is 10.3 Å². The summed E-state index contributed by atoms with van der Waals surface area (Å²) in [4.78, 5) is 22.1. The molecule has 1 unspecified atom stereocenters. The van der Waals surface area contributed by atoms with E-state index in [-0.39, 0.29) is 9.35 Å². The molecule has 1 spiro atoms. The van der Waals surface area contributed by atoms with Crippen LogP contribution in [0.15, 0.2) is 259 Å². The van der Waals surface area contributed by atoms with Gasteiger partial charge in [0, 0.05) is 9.79 Å². The van der Waals surface area contributed by atoms with E-state index in [2.05, 4.69) is 230 Å². The van der Waals surface area contributed by atoms with Crippen molar-refractivity contribution in [1.82, 2.24) is 0 Å². The first kappa shape index (κ1) is 41.8. The van der Waals surface area contributed by atoms with E-state index in [4.69, 9.17) is 4.42 Å². The molecular formula is C64H42INO2S2. The van der Waals surface area contributed by atoms with E-state index < -0.39 is 25.2 Å². The molecule has 334 valence electrons. The quantitative estimate of drug-likeness (QED) is 0.0979. The summed E-state index contributed by atoms with van der Waals surface area (Å²) in [5, 5.41) is 1.17. The molecule has 11 aromatic rings. The van der Waals surface area contributed by atoms with Gasteiger partial charge >= 0.3 is 355 Å². The minimum absolute atomic E-state index is 0.0201. The van der Waals surface area contributed by atoms with E-state index in [0.29, 0.717) is 21.9 Å². The number of hydrogen-bond acceptors (Lipinski definition) is 5. The first-order chi connectivity index (χ1) is 34.6. The van der Waals surface area contributed by atoms with Crippen LogP contribution in [0.4, 0.5) is 17.1 Å². The van der Waals surface area contributed by atoms with Crippen molar-refractivity contribution in [1.29, 1.82) is 0 Å². The molecule has 0 fully saturated rings. The van der Waals surface area contributed by atoms with Gasteiger partial charge in [0.2, 0.25) is 0 Å². The average Bonchev–Trinajstić information content (AvgIpc) is 3.42. The summed E-state index contributed by atoms with van der Waals surface area (Å²) >= 11 is 1.26. The molecule has 1 aromatic heterocycles. The normalized spacial score (nSPS) is 15.6. The molecule has 3 aliphatic rings. The van der Waals surface area contributed by atoms with Crippen LogP contribution in [0.5, 0.6) is 0 Å². The Kier molecular flexibility index (Phi) is 9.87. The number of nitrogens with zero attached hydrogens (tertiary/aromatic N) is 1. The van der Waals surface area contributed by atoms with Crippen LogP contribution in [-0.4, -0.2) is 0 Å². The van der Waals surface area contributed by atoms with Gasteiger partial charge in [-0.15, -0.1) is 0 Å². The van der Waals surface area contributed by atoms with Crippen LogP contribution in [0.25, 0.3) is 44.2 Å². The topological polar surface area (TPSA) is 33.5 Å². The Morgan fingerprint density at radius 1 is 0.457 bits per heavy atom. The predicted molar refractivity (Wildman–Crippen MR) is 298 cm³/mol. The molecule has 0 bridgehead atoms. The van der Waals surface area contributed by atoms with Crippen molar-refractivity contribution < 1.29 is 4.42 Å². The SMILES string of the molecule is CC1c2ccccc2-c2ccccc2Sc2ccccc2-c2ccccc2I1c1ccc2c(=O)c3ccc(N4c5ccccc5C5(c6ccccc6Sc6ccccc65)c5ccccc54)cc3oc2c1. The number of hydrogen-bond donors (Lipinski definition) is 0. The number of anilines is 3. The van der Waals surface area contributed by atoms with Crippen molar-refractivity contribution in [2.75, 3.05) is 4.90 Å². The molecule has 4 heterocycles. The summed E-state index contributed by atoms with van der Waals surface area (Å²) in [6.07, 6.45) is 0. The van der Waals surface area contributed by atoms with Gasteiger partial charge in [0.05, 0.1) is 0 Å². The zero-order valence-corrected chi connectivity index (χ0v) is 41.8. The van der Waals surface area contributed by atoms with Gasteiger partial charge < -0.3 is 0 Å². The molecule has 70 heavy (non-hydrogen) atoms. The molecule has 0 saturated carbocycles. The maximum absolute atomic E-state index is 14.7. The van der Waals surface area contributed by atoms with Gasteiger partial charge in [-0.25, -0.2) is 0 Å². The van der Waals surface area contributed by atoms with Crippen molar-refractivity contribution >= 4 is 82.3 Å². The van der Waals surface area contributed by atoms with Gasteiger partial charge in [-0.05, 0) is 12.1 Å². The van der Waals surface area contributed by atoms with Crippen molar-refractivity contribution in [2.45, 2.75) is 35.8 Å². The summed E-state index contributed by atoms with van der Waals surface area (Å²) in [5.74, 6) is 0. The molecule has 3 nitrogen and oxygen atoms in total. The van der Waals surface area contributed by atoms with Crippen LogP contribution in [0.1, 0.15) is 38.7 Å². The van der Waals surface area contributed by atoms with Gasteiger partial charge in [-0.2, -0.15) is 0 Å². The Bertz CT molecular complexity index is 3910. The summed E-state index contributed by atoms with van der Waals surface area (Å²) in [6.45, 7) is 2.43. The van der Waals surface area contributed by atoms with E-state index in [9.17, 15) is 4.79 Å². The van der Waals surface area contributed by atoms with Gasteiger partial charge in [-0.1, -0.05) is 48.2 Å². The Hall–Kier alpha value is -7.10. The van der Waals surface area contributed by atoms with Gasteiger partial charge in [-0.3, -0.25) is 0 Å². The second kappa shape index (κ2) is 16.5. The Morgan fingerprint density at radius 2 is 0.929 bits per heavy atom. The van der Waals surface area contributed by atoms with E-state index in [1.54, 1.807) is 0 Å². The van der Waals surface area contributed by atoms with E-state index in [0.717, 1.165) is 17.1 Å². The zero-order valence-electron chi connectivity index (χ0n) is 38.0. The Labute approximate surface area is 422 Å². The monoisotopic (exact) mass is 1050 g/mol. The molecule has 3 aliphatic heterocycles. The molecule has 0 radical (unpaired) electrons. The first-order valence-corrected chi connectivity index (χ1v) is 28.7. The fourth-order valence-corrected chi connectivity index (χ4v) is 20.5. The summed E-state index contributed by atoms with van der Waals surface area (Å²) in [7, 11) is 0. The second-order valence-electron chi connectivity index (χ2n) is 18.1. The Balaban J connectivity index is 0.959. The molecule has 0 aliphatic carbocycles. The van der Waals surface area contributed by atoms with Crippen LogP contribution in [0, 0.1) is 7.14 Å². The van der Waals surface area contributed by atoms with E-state index in [1.165, 1.54) is 76.8 Å². The van der Waals surface area contributed by atoms with Gasteiger partial charge in [0.1, 0.15) is 0 Å². The number of fused-ring (bicyclic) bond motifs is 16. The number of para-hydroxylation sites is 2. The summed E-state index contributed by atoms with van der Waals surface area (Å²) in [5.41, 5.74) is 15.1. The Morgan fingerprint density at radius 3 is 1.59 bits per heavy atom. The fraction of sp³-hybridized carbons (Fsp3) is 0.0469. The first-order valence-electron chi connectivity index (χ1n) is 23.7. The third kappa shape index (κ3) is 6.26. The average molecular weight is 1050 g/mol. The van der Waals surface area contributed by atoms with Crippen molar-refractivity contribution in [3.63, 3.8) is 0 Å². The molecule has 1 atom stereocenters. The van der Waals surface area contributed by atoms with Crippen molar-refractivity contribution in [3.8, 4) is 22.3 Å². The van der Waals surface area contributed by atoms with Gasteiger partial charge in [0.15, 0.2) is 0 Å². The van der Waals surface area contributed by atoms with Crippen LogP contribution >= 0.6 is 43.3 Å². The molecule has 14 rings (SSSR count). The number of halogens is 1. The van der Waals surface area contributed by atoms with Crippen molar-refractivity contribution in [2.24, 2.45) is 0 Å². The number of benzene rings is 10. The molecule has 0 N–H and O–H groups in total. The predicted octanol–water partition coefficient (Wildman–Crippen LogP) is 17.7. The zero-order chi connectivity index (χ0) is 46.5. The maximum atomic E-state index is 14.7. The third-order valence-corrected chi connectivity index (χ3v) is 23.4. The summed E-state index contributed by atoms with van der Waals surface area (Å²) < 4.78 is 9.91. The number of alkyl halides is 1. The number of rotatable bonds is 2. The van der Waals surface area contributed by atoms with E-state index in [1.807, 2.05) is 35.7 Å². The molecular weight excluding hydrogens is 1010 g/mol. The molecule has 6 heteroatoms. The standard InChI is InChI=1S/C64H42INO2S2/c1-40-43-18-2-3-19-44(43)46-21-5-14-30-59(46)69-60-31-15-6-22-47(60)45-20-4-11-27-54(45)65(40)41-34-36-48-57(38-41)68-58-39-42(35-37-49(58)63(48)67)66-55-28-12-7-23-50(55)64(51-24-8-13-29-56(51)66)52-25-9-16-32-61(52)70-62-33-17-10-26-53(62)64/h2-40H,1H3. The van der Waals surface area contributed by atoms with E-state index >= 15 is 0 Å². The second-order valence-corrected chi connectivity index (χ2v) is 26.3. The fourth-order valence-electron chi connectivity index (χ4n) is 11.4.